The zero-order valence-corrected chi connectivity index (χ0v) is 18.0. The highest BCUT2D eigenvalue weighted by molar-refractivity contribution is 8.00. The summed E-state index contributed by atoms with van der Waals surface area (Å²) in [5, 5.41) is 13.4. The van der Waals surface area contributed by atoms with Crippen molar-refractivity contribution in [1.82, 2.24) is 15.2 Å². The van der Waals surface area contributed by atoms with Crippen LogP contribution in [0.3, 0.4) is 0 Å². The molecule has 0 bridgehead atoms. The zero-order valence-electron chi connectivity index (χ0n) is 16.4. The van der Waals surface area contributed by atoms with E-state index in [9.17, 15) is 4.79 Å². The summed E-state index contributed by atoms with van der Waals surface area (Å²) in [6, 6.07) is 16.0. The van der Waals surface area contributed by atoms with Crippen LogP contribution in [0, 0.1) is 20.8 Å². The number of rotatable bonds is 5. The van der Waals surface area contributed by atoms with Crippen LogP contribution in [0.25, 0.3) is 21.5 Å². The van der Waals surface area contributed by atoms with Crippen molar-refractivity contribution < 1.29 is 4.79 Å². The van der Waals surface area contributed by atoms with Gasteiger partial charge in [0.2, 0.25) is 5.91 Å². The van der Waals surface area contributed by atoms with E-state index in [1.165, 1.54) is 11.8 Å². The first-order valence-electron chi connectivity index (χ1n) is 9.20. The molecule has 146 valence electrons. The number of aromatic nitrogens is 3. The third-order valence-corrected chi connectivity index (χ3v) is 6.22. The van der Waals surface area contributed by atoms with E-state index in [1.807, 2.05) is 63.2 Å². The molecule has 2 heterocycles. The molecular weight excluding hydrogens is 400 g/mol. The Kier molecular flexibility index (Phi) is 5.60. The number of benzene rings is 2. The first-order chi connectivity index (χ1) is 14.0. The molecule has 0 fully saturated rings. The highest BCUT2D eigenvalue weighted by atomic mass is 32.2. The highest BCUT2D eigenvalue weighted by Gasteiger charge is 2.16. The largest absolute Gasteiger partial charge is 0.325 e. The molecule has 4 rings (SSSR count). The number of thiazole rings is 1. The second-order valence-electron chi connectivity index (χ2n) is 6.84. The van der Waals surface area contributed by atoms with Gasteiger partial charge in [-0.05, 0) is 44.0 Å². The maximum atomic E-state index is 12.4. The van der Waals surface area contributed by atoms with Crippen molar-refractivity contribution in [2.45, 2.75) is 25.8 Å². The first kappa shape index (κ1) is 19.5. The average molecular weight is 421 g/mol. The molecule has 0 aliphatic heterocycles. The van der Waals surface area contributed by atoms with Crippen molar-refractivity contribution in [2.75, 3.05) is 11.1 Å². The lowest BCUT2D eigenvalue weighted by Crippen LogP contribution is -2.14. The number of thioether (sulfide) groups is 1. The normalized spacial score (nSPS) is 11.0. The van der Waals surface area contributed by atoms with Crippen molar-refractivity contribution in [1.29, 1.82) is 0 Å². The average Bonchev–Trinajstić information content (AvgIpc) is 3.07. The summed E-state index contributed by atoms with van der Waals surface area (Å²) in [7, 11) is 0. The Bertz CT molecular complexity index is 1170. The number of fused-ring (bicyclic) bond motifs is 1. The molecule has 29 heavy (non-hydrogen) atoms. The molecule has 0 aliphatic rings. The number of aryl methyl sites for hydroxylation is 3. The van der Waals surface area contributed by atoms with E-state index in [0.29, 0.717) is 5.03 Å². The maximum absolute atomic E-state index is 12.4. The van der Waals surface area contributed by atoms with E-state index >= 15 is 0 Å². The predicted molar refractivity (Wildman–Crippen MR) is 121 cm³/mol. The number of carbonyl (C=O) groups is 1. The monoisotopic (exact) mass is 420 g/mol. The molecule has 0 saturated heterocycles. The van der Waals surface area contributed by atoms with Gasteiger partial charge < -0.3 is 5.32 Å². The first-order valence-corrected chi connectivity index (χ1v) is 11.0. The van der Waals surface area contributed by atoms with Gasteiger partial charge in [-0.1, -0.05) is 48.2 Å². The fourth-order valence-corrected chi connectivity index (χ4v) is 4.89. The molecule has 1 N–H and O–H groups in total. The molecule has 0 saturated carbocycles. The maximum Gasteiger partial charge on any atom is 0.234 e. The second-order valence-corrected chi connectivity index (χ2v) is 9.01. The Morgan fingerprint density at radius 3 is 2.48 bits per heavy atom. The summed E-state index contributed by atoms with van der Waals surface area (Å²) in [5.41, 5.74) is 5.71. The number of nitrogens with one attached hydrogen (secondary N) is 1. The molecule has 2 aromatic heterocycles. The molecular formula is C22H20N4OS2. The molecule has 0 radical (unpaired) electrons. The predicted octanol–water partition coefficient (Wildman–Crippen LogP) is 5.41. The number of hydrogen-bond acceptors (Lipinski definition) is 6. The van der Waals surface area contributed by atoms with Gasteiger partial charge in [-0.15, -0.1) is 21.5 Å². The lowest BCUT2D eigenvalue weighted by atomic mass is 10.1. The summed E-state index contributed by atoms with van der Waals surface area (Å²) < 4.78 is 1.00. The molecule has 5 nitrogen and oxygen atoms in total. The van der Waals surface area contributed by atoms with Crippen molar-refractivity contribution in [3.05, 3.63) is 64.7 Å². The number of carbonyl (C=O) groups excluding carboxylic acids is 1. The van der Waals surface area contributed by atoms with Crippen LogP contribution in [-0.4, -0.2) is 26.8 Å². The van der Waals surface area contributed by atoms with Crippen LogP contribution in [0.2, 0.25) is 0 Å². The van der Waals surface area contributed by atoms with E-state index in [0.717, 1.165) is 43.3 Å². The van der Waals surface area contributed by atoms with Gasteiger partial charge in [0.1, 0.15) is 16.2 Å². The minimum atomic E-state index is -0.0750. The Labute approximate surface area is 177 Å². The Balaban J connectivity index is 1.55. The third-order valence-electron chi connectivity index (χ3n) is 4.29. The van der Waals surface area contributed by atoms with Crippen molar-refractivity contribution in [2.24, 2.45) is 0 Å². The summed E-state index contributed by atoms with van der Waals surface area (Å²) in [6.07, 6.45) is 0. The Morgan fingerprint density at radius 1 is 1.03 bits per heavy atom. The van der Waals surface area contributed by atoms with E-state index < -0.39 is 0 Å². The van der Waals surface area contributed by atoms with E-state index in [1.54, 1.807) is 11.3 Å². The zero-order chi connectivity index (χ0) is 20.4. The van der Waals surface area contributed by atoms with Crippen LogP contribution in [0.5, 0.6) is 0 Å². The Morgan fingerprint density at radius 2 is 1.76 bits per heavy atom. The lowest BCUT2D eigenvalue weighted by molar-refractivity contribution is -0.113. The van der Waals surface area contributed by atoms with Gasteiger partial charge in [0.05, 0.1) is 15.5 Å². The molecule has 1 amide bonds. The molecule has 0 aliphatic carbocycles. The van der Waals surface area contributed by atoms with Gasteiger partial charge in [0.25, 0.3) is 0 Å². The molecule has 0 unspecified atom stereocenters. The smallest absolute Gasteiger partial charge is 0.234 e. The van der Waals surface area contributed by atoms with Crippen LogP contribution in [0.4, 0.5) is 5.69 Å². The highest BCUT2D eigenvalue weighted by Crippen LogP contribution is 2.35. The Hall–Kier alpha value is -2.77. The molecule has 7 heteroatoms. The van der Waals surface area contributed by atoms with Gasteiger partial charge in [-0.25, -0.2) is 4.98 Å². The van der Waals surface area contributed by atoms with Gasteiger partial charge in [0, 0.05) is 11.3 Å². The fraction of sp³-hybridized carbons (Fsp3) is 0.182. The number of nitrogens with zero attached hydrogens (tertiary/aromatic N) is 3. The van der Waals surface area contributed by atoms with Gasteiger partial charge in [-0.2, -0.15) is 0 Å². The van der Waals surface area contributed by atoms with Crippen LogP contribution >= 0.6 is 23.1 Å². The minimum Gasteiger partial charge on any atom is -0.325 e. The van der Waals surface area contributed by atoms with Gasteiger partial charge >= 0.3 is 0 Å². The van der Waals surface area contributed by atoms with Crippen molar-refractivity contribution in [3.8, 4) is 11.3 Å². The summed E-state index contributed by atoms with van der Waals surface area (Å²) in [5.74, 6) is 0.173. The molecule has 0 spiro atoms. The second kappa shape index (κ2) is 8.31. The van der Waals surface area contributed by atoms with Crippen molar-refractivity contribution >= 4 is 44.9 Å². The fourth-order valence-electron chi connectivity index (χ4n) is 3.18. The SMILES string of the molecule is Cc1cc(C)cc(NC(=O)CSc2nnc(-c3ccccc3)c3sc(C)nc23)c1. The summed E-state index contributed by atoms with van der Waals surface area (Å²) in [4.78, 5) is 17.1. The quantitative estimate of drug-likeness (QED) is 0.437. The van der Waals surface area contributed by atoms with Crippen LogP contribution in [-0.2, 0) is 4.79 Å². The molecule has 4 aromatic rings. The third kappa shape index (κ3) is 4.46. The standard InChI is InChI=1S/C22H20N4OS2/c1-13-9-14(2)11-17(10-13)24-18(27)12-28-22-20-21(29-15(3)23-20)19(25-26-22)16-7-5-4-6-8-16/h4-11H,12H2,1-3H3,(H,24,27). The topological polar surface area (TPSA) is 67.8 Å². The van der Waals surface area contributed by atoms with E-state index in [4.69, 9.17) is 0 Å². The van der Waals surface area contributed by atoms with Crippen LogP contribution in [0.15, 0.2) is 53.6 Å². The van der Waals surface area contributed by atoms with Crippen molar-refractivity contribution in [3.63, 3.8) is 0 Å². The van der Waals surface area contributed by atoms with E-state index in [-0.39, 0.29) is 11.7 Å². The van der Waals surface area contributed by atoms with Gasteiger partial charge in [0.15, 0.2) is 0 Å². The minimum absolute atomic E-state index is 0.0750. The number of hydrogen-bond donors (Lipinski definition) is 1. The number of anilines is 1. The lowest BCUT2D eigenvalue weighted by Gasteiger charge is -2.08. The molecule has 2 aromatic carbocycles. The van der Waals surface area contributed by atoms with Crippen LogP contribution < -0.4 is 5.32 Å². The number of amides is 1. The van der Waals surface area contributed by atoms with Crippen LogP contribution in [0.1, 0.15) is 16.1 Å². The summed E-state index contributed by atoms with van der Waals surface area (Å²) in [6.45, 7) is 6.01. The van der Waals surface area contributed by atoms with Gasteiger partial charge in [-0.3, -0.25) is 4.79 Å². The molecule has 0 atom stereocenters. The van der Waals surface area contributed by atoms with E-state index in [2.05, 4.69) is 26.6 Å². The summed E-state index contributed by atoms with van der Waals surface area (Å²) >= 11 is 2.96.